The highest BCUT2D eigenvalue weighted by Gasteiger charge is 2.22. The average Bonchev–Trinajstić information content (AvgIpc) is 3.14. The molecule has 1 aliphatic rings. The van der Waals surface area contributed by atoms with Crippen LogP contribution < -0.4 is 5.32 Å². The van der Waals surface area contributed by atoms with Crippen molar-refractivity contribution >= 4 is 28.4 Å². The number of nitrogens with zero attached hydrogens (tertiary/aromatic N) is 2. The lowest BCUT2D eigenvalue weighted by atomic mass is 10.2. The summed E-state index contributed by atoms with van der Waals surface area (Å²) in [5.41, 5.74) is 1.02. The number of benzene rings is 1. The molecule has 1 amide bonds. The van der Waals surface area contributed by atoms with Crippen LogP contribution in [0, 0.1) is 0 Å². The number of carbonyl (C=O) groups excluding carboxylic acids is 1. The van der Waals surface area contributed by atoms with Crippen LogP contribution >= 0.6 is 11.6 Å². The highest BCUT2D eigenvalue weighted by atomic mass is 35.5. The third-order valence-corrected chi connectivity index (χ3v) is 4.03. The topological polar surface area (TPSA) is 56.2 Å². The van der Waals surface area contributed by atoms with Crippen molar-refractivity contribution in [3.63, 3.8) is 0 Å². The van der Waals surface area contributed by atoms with Gasteiger partial charge in [-0.3, -0.25) is 9.48 Å². The first-order valence-electron chi connectivity index (χ1n) is 7.25. The van der Waals surface area contributed by atoms with E-state index in [-0.39, 0.29) is 12.0 Å². The number of nitrogens with one attached hydrogen (secondary N) is 1. The van der Waals surface area contributed by atoms with Crippen LogP contribution in [-0.4, -0.2) is 34.9 Å². The second-order valence-corrected chi connectivity index (χ2v) is 5.59. The van der Waals surface area contributed by atoms with Crippen molar-refractivity contribution in [1.82, 2.24) is 15.1 Å². The van der Waals surface area contributed by atoms with E-state index >= 15 is 0 Å². The molecule has 1 atom stereocenters. The molecule has 2 heterocycles. The molecule has 3 rings (SSSR count). The zero-order valence-electron chi connectivity index (χ0n) is 11.7. The zero-order chi connectivity index (χ0) is 14.7. The van der Waals surface area contributed by atoms with Gasteiger partial charge in [0.05, 0.1) is 16.7 Å². The maximum atomic E-state index is 11.8. The Balaban J connectivity index is 1.50. The minimum absolute atomic E-state index is 0.000804. The van der Waals surface area contributed by atoms with Crippen LogP contribution in [0.15, 0.2) is 24.4 Å². The fourth-order valence-corrected chi connectivity index (χ4v) is 2.80. The van der Waals surface area contributed by atoms with Gasteiger partial charge in [0.1, 0.15) is 6.10 Å². The standard InChI is InChI=1S/C15H18ClN3O2/c16-12-4-1-5-13-11(12)10-18-19(13)8-3-7-17-15(20)14-6-2-9-21-14/h1,4-5,10,14H,2-3,6-9H2,(H,17,20). The Labute approximate surface area is 128 Å². The second kappa shape index (κ2) is 6.45. The van der Waals surface area contributed by atoms with Crippen LogP contribution in [0.2, 0.25) is 5.02 Å². The van der Waals surface area contributed by atoms with Crippen LogP contribution in [0.3, 0.4) is 0 Å². The van der Waals surface area contributed by atoms with Crippen molar-refractivity contribution in [3.05, 3.63) is 29.4 Å². The zero-order valence-corrected chi connectivity index (χ0v) is 12.5. The number of hydrogen-bond donors (Lipinski definition) is 1. The lowest BCUT2D eigenvalue weighted by molar-refractivity contribution is -0.130. The van der Waals surface area contributed by atoms with E-state index in [4.69, 9.17) is 16.3 Å². The molecule has 0 radical (unpaired) electrons. The monoisotopic (exact) mass is 307 g/mol. The summed E-state index contributed by atoms with van der Waals surface area (Å²) in [4.78, 5) is 11.8. The van der Waals surface area contributed by atoms with E-state index < -0.39 is 0 Å². The lowest BCUT2D eigenvalue weighted by Crippen LogP contribution is -2.35. The van der Waals surface area contributed by atoms with E-state index in [0.717, 1.165) is 36.7 Å². The molecule has 1 saturated heterocycles. The molecular formula is C15H18ClN3O2. The Morgan fingerprint density at radius 1 is 1.52 bits per heavy atom. The SMILES string of the molecule is O=C(NCCCn1ncc2c(Cl)cccc21)C1CCCO1. The number of carbonyl (C=O) groups is 1. The highest BCUT2D eigenvalue weighted by molar-refractivity contribution is 6.35. The molecule has 1 aromatic heterocycles. The Morgan fingerprint density at radius 3 is 3.24 bits per heavy atom. The Hall–Kier alpha value is -1.59. The summed E-state index contributed by atoms with van der Waals surface area (Å²) in [6, 6.07) is 5.78. The van der Waals surface area contributed by atoms with Gasteiger partial charge in [0.25, 0.3) is 0 Å². The van der Waals surface area contributed by atoms with Crippen molar-refractivity contribution in [1.29, 1.82) is 0 Å². The Morgan fingerprint density at radius 2 is 2.43 bits per heavy atom. The number of hydrogen-bond acceptors (Lipinski definition) is 3. The normalized spacial score (nSPS) is 18.2. The minimum Gasteiger partial charge on any atom is -0.368 e. The summed E-state index contributed by atoms with van der Waals surface area (Å²) in [7, 11) is 0. The molecule has 2 aromatic rings. The molecule has 6 heteroatoms. The van der Waals surface area contributed by atoms with Gasteiger partial charge in [-0.05, 0) is 31.4 Å². The van der Waals surface area contributed by atoms with Gasteiger partial charge in [-0.2, -0.15) is 5.10 Å². The van der Waals surface area contributed by atoms with Gasteiger partial charge in [0.2, 0.25) is 5.91 Å². The van der Waals surface area contributed by atoms with Crippen molar-refractivity contribution in [2.45, 2.75) is 31.9 Å². The summed E-state index contributed by atoms with van der Waals surface area (Å²) in [6.45, 7) is 2.06. The van der Waals surface area contributed by atoms with Gasteiger partial charge in [0, 0.05) is 25.1 Å². The van der Waals surface area contributed by atoms with Crippen LogP contribution in [0.5, 0.6) is 0 Å². The third-order valence-electron chi connectivity index (χ3n) is 3.70. The molecule has 1 aliphatic heterocycles. The second-order valence-electron chi connectivity index (χ2n) is 5.19. The van der Waals surface area contributed by atoms with Crippen molar-refractivity contribution in [2.75, 3.05) is 13.2 Å². The summed E-state index contributed by atoms with van der Waals surface area (Å²) < 4.78 is 7.26. The number of amides is 1. The number of fused-ring (bicyclic) bond motifs is 1. The van der Waals surface area contributed by atoms with Gasteiger partial charge in [0.15, 0.2) is 0 Å². The summed E-state index contributed by atoms with van der Waals surface area (Å²) >= 11 is 6.12. The maximum Gasteiger partial charge on any atom is 0.249 e. The van der Waals surface area contributed by atoms with E-state index in [1.807, 2.05) is 22.9 Å². The van der Waals surface area contributed by atoms with E-state index in [1.54, 1.807) is 6.20 Å². The lowest BCUT2D eigenvalue weighted by Gasteiger charge is -2.10. The molecular weight excluding hydrogens is 290 g/mol. The number of aromatic nitrogens is 2. The van der Waals surface area contributed by atoms with Gasteiger partial charge in [-0.1, -0.05) is 17.7 Å². The van der Waals surface area contributed by atoms with Crippen molar-refractivity contribution in [2.24, 2.45) is 0 Å². The van der Waals surface area contributed by atoms with E-state index in [2.05, 4.69) is 10.4 Å². The number of halogens is 1. The van der Waals surface area contributed by atoms with Gasteiger partial charge >= 0.3 is 0 Å². The first kappa shape index (κ1) is 14.4. The molecule has 5 nitrogen and oxygen atoms in total. The molecule has 0 spiro atoms. The largest absolute Gasteiger partial charge is 0.368 e. The van der Waals surface area contributed by atoms with Crippen LogP contribution in [-0.2, 0) is 16.1 Å². The van der Waals surface area contributed by atoms with Crippen molar-refractivity contribution in [3.8, 4) is 0 Å². The molecule has 1 aromatic carbocycles. The molecule has 1 fully saturated rings. The smallest absolute Gasteiger partial charge is 0.249 e. The first-order valence-corrected chi connectivity index (χ1v) is 7.63. The van der Waals surface area contributed by atoms with E-state index in [9.17, 15) is 4.79 Å². The average molecular weight is 308 g/mol. The quantitative estimate of drug-likeness (QED) is 0.863. The maximum absolute atomic E-state index is 11.8. The minimum atomic E-state index is -0.255. The summed E-state index contributed by atoms with van der Waals surface area (Å²) in [5.74, 6) is 0.000804. The van der Waals surface area contributed by atoms with Gasteiger partial charge in [-0.15, -0.1) is 0 Å². The van der Waals surface area contributed by atoms with Crippen molar-refractivity contribution < 1.29 is 9.53 Å². The molecule has 21 heavy (non-hydrogen) atoms. The fourth-order valence-electron chi connectivity index (χ4n) is 2.59. The third kappa shape index (κ3) is 3.19. The van der Waals surface area contributed by atoms with Crippen LogP contribution in [0.25, 0.3) is 10.9 Å². The summed E-state index contributed by atoms with van der Waals surface area (Å²) in [6.07, 6.45) is 4.14. The summed E-state index contributed by atoms with van der Waals surface area (Å²) in [5, 5.41) is 8.93. The van der Waals surface area contributed by atoms with Crippen LogP contribution in [0.4, 0.5) is 0 Å². The number of aryl methyl sites for hydroxylation is 1. The van der Waals surface area contributed by atoms with Crippen LogP contribution in [0.1, 0.15) is 19.3 Å². The molecule has 0 aliphatic carbocycles. The van der Waals surface area contributed by atoms with Gasteiger partial charge in [-0.25, -0.2) is 0 Å². The Kier molecular flexibility index (Phi) is 4.41. The number of rotatable bonds is 5. The number of ether oxygens (including phenoxy) is 1. The fraction of sp³-hybridized carbons (Fsp3) is 0.467. The molecule has 0 saturated carbocycles. The first-order chi connectivity index (χ1) is 10.3. The predicted octanol–water partition coefficient (Wildman–Crippen LogP) is 2.38. The molecule has 1 N–H and O–H groups in total. The predicted molar refractivity (Wildman–Crippen MR) is 81.3 cm³/mol. The Bertz CT molecular complexity index is 635. The molecule has 112 valence electrons. The molecule has 0 bridgehead atoms. The molecule has 1 unspecified atom stereocenters. The van der Waals surface area contributed by atoms with E-state index in [0.29, 0.717) is 18.2 Å². The highest BCUT2D eigenvalue weighted by Crippen LogP contribution is 2.22. The van der Waals surface area contributed by atoms with E-state index in [1.165, 1.54) is 0 Å². The van der Waals surface area contributed by atoms with Gasteiger partial charge < -0.3 is 10.1 Å².